The van der Waals surface area contributed by atoms with Gasteiger partial charge in [-0.3, -0.25) is 15.0 Å². The van der Waals surface area contributed by atoms with Crippen molar-refractivity contribution in [3.63, 3.8) is 0 Å². The summed E-state index contributed by atoms with van der Waals surface area (Å²) >= 11 is 12.0. The third-order valence-electron chi connectivity index (χ3n) is 4.21. The number of thiocarbonyl (C=S) groups is 1. The largest absolute Gasteiger partial charge is 0.457 e. The molecule has 0 radical (unpaired) electrons. The van der Waals surface area contributed by atoms with Crippen LogP contribution < -0.4 is 5.43 Å². The molecule has 2 amide bonds. The van der Waals surface area contributed by atoms with E-state index in [-0.39, 0.29) is 26.3 Å². The van der Waals surface area contributed by atoms with Gasteiger partial charge in [0.15, 0.2) is 4.32 Å². The Balaban J connectivity index is 1.51. The van der Waals surface area contributed by atoms with Crippen molar-refractivity contribution in [1.82, 2.24) is 10.4 Å². The normalized spacial score (nSPS) is 15.1. The van der Waals surface area contributed by atoms with Crippen molar-refractivity contribution in [2.45, 2.75) is 0 Å². The Morgan fingerprint density at radius 3 is 2.58 bits per heavy atom. The number of carbonyl (C=O) groups is 2. The van der Waals surface area contributed by atoms with Crippen LogP contribution in [0, 0.1) is 11.6 Å². The van der Waals surface area contributed by atoms with Crippen molar-refractivity contribution in [3.05, 3.63) is 87.5 Å². The summed E-state index contributed by atoms with van der Waals surface area (Å²) in [5, 5.41) is 1.44. The van der Waals surface area contributed by atoms with Crippen LogP contribution in [0.15, 0.2) is 63.9 Å². The number of nitrogens with one attached hydrogen (secondary N) is 1. The molecule has 2 aromatic carbocycles. The summed E-state index contributed by atoms with van der Waals surface area (Å²) < 4.78 is 32.8. The van der Waals surface area contributed by atoms with Gasteiger partial charge in [-0.15, -0.1) is 0 Å². The van der Waals surface area contributed by atoms with Crippen molar-refractivity contribution < 1.29 is 22.8 Å². The SMILES string of the molecule is O=C(NN1C(=O)/C(=C\c2ccc(-c3ccc(F)cc3F)o2)SC1=S)c1ccc(Cl)cc1. The second-order valence-electron chi connectivity index (χ2n) is 6.29. The molecule has 1 aliphatic rings. The Bertz CT molecular complexity index is 1240. The maximum absolute atomic E-state index is 14.0. The van der Waals surface area contributed by atoms with Gasteiger partial charge in [-0.2, -0.15) is 5.01 Å². The first-order valence-corrected chi connectivity index (χ1v) is 10.3. The fraction of sp³-hybridized carbons (Fsp3) is 0. The summed E-state index contributed by atoms with van der Waals surface area (Å²) in [4.78, 5) is 25.3. The fourth-order valence-electron chi connectivity index (χ4n) is 2.73. The molecule has 0 bridgehead atoms. The predicted octanol–water partition coefficient (Wildman–Crippen LogP) is 5.42. The maximum atomic E-state index is 14.0. The van der Waals surface area contributed by atoms with E-state index in [0.29, 0.717) is 10.6 Å². The maximum Gasteiger partial charge on any atom is 0.285 e. The average Bonchev–Trinajstić information content (AvgIpc) is 3.28. The zero-order chi connectivity index (χ0) is 22.1. The average molecular weight is 477 g/mol. The highest BCUT2D eigenvalue weighted by Crippen LogP contribution is 2.33. The lowest BCUT2D eigenvalue weighted by Gasteiger charge is -2.15. The smallest absolute Gasteiger partial charge is 0.285 e. The zero-order valence-electron chi connectivity index (χ0n) is 15.4. The van der Waals surface area contributed by atoms with E-state index < -0.39 is 23.4 Å². The summed E-state index contributed by atoms with van der Waals surface area (Å²) in [6.45, 7) is 0. The van der Waals surface area contributed by atoms with Gasteiger partial charge in [0.05, 0.1) is 10.5 Å². The van der Waals surface area contributed by atoms with E-state index in [9.17, 15) is 18.4 Å². The highest BCUT2D eigenvalue weighted by molar-refractivity contribution is 8.26. The van der Waals surface area contributed by atoms with Crippen LogP contribution in [0.5, 0.6) is 0 Å². The molecule has 0 spiro atoms. The van der Waals surface area contributed by atoms with Crippen LogP contribution in [0.4, 0.5) is 8.78 Å². The van der Waals surface area contributed by atoms with E-state index in [1.165, 1.54) is 36.4 Å². The molecule has 1 saturated heterocycles. The summed E-state index contributed by atoms with van der Waals surface area (Å²) in [6, 6.07) is 12.3. The molecule has 31 heavy (non-hydrogen) atoms. The molecule has 1 N–H and O–H groups in total. The Kier molecular flexibility index (Phi) is 5.90. The molecule has 1 aliphatic heterocycles. The van der Waals surface area contributed by atoms with Gasteiger partial charge in [-0.25, -0.2) is 8.78 Å². The molecule has 1 fully saturated rings. The van der Waals surface area contributed by atoms with Crippen LogP contribution in [0.3, 0.4) is 0 Å². The Labute approximate surface area is 189 Å². The summed E-state index contributed by atoms with van der Waals surface area (Å²) in [7, 11) is 0. The topological polar surface area (TPSA) is 62.6 Å². The molecule has 10 heteroatoms. The monoisotopic (exact) mass is 476 g/mol. The second kappa shape index (κ2) is 8.62. The molecule has 0 unspecified atom stereocenters. The molecular formula is C21H11ClF2N2O3S2. The second-order valence-corrected chi connectivity index (χ2v) is 8.40. The predicted molar refractivity (Wildman–Crippen MR) is 118 cm³/mol. The minimum absolute atomic E-state index is 0.0869. The fourth-order valence-corrected chi connectivity index (χ4v) is 4.01. The minimum atomic E-state index is -0.767. The van der Waals surface area contributed by atoms with E-state index in [2.05, 4.69) is 5.43 Å². The van der Waals surface area contributed by atoms with Gasteiger partial charge < -0.3 is 4.42 Å². The summed E-state index contributed by atoms with van der Waals surface area (Å²) in [5.41, 5.74) is 2.85. The van der Waals surface area contributed by atoms with Gasteiger partial charge >= 0.3 is 0 Å². The van der Waals surface area contributed by atoms with Crippen LogP contribution in [0.25, 0.3) is 17.4 Å². The molecule has 3 aromatic rings. The molecule has 0 saturated carbocycles. The molecular weight excluding hydrogens is 466 g/mol. The number of amides is 2. The summed E-state index contributed by atoms with van der Waals surface area (Å²) in [6.07, 6.45) is 1.43. The van der Waals surface area contributed by atoms with Crippen LogP contribution in [-0.4, -0.2) is 21.1 Å². The lowest BCUT2D eigenvalue weighted by molar-refractivity contribution is -0.123. The first kappa shape index (κ1) is 21.2. The molecule has 0 atom stereocenters. The van der Waals surface area contributed by atoms with Crippen molar-refractivity contribution in [2.24, 2.45) is 0 Å². The van der Waals surface area contributed by atoms with E-state index in [4.69, 9.17) is 28.2 Å². The number of hydrogen-bond acceptors (Lipinski definition) is 5. The molecule has 2 heterocycles. The van der Waals surface area contributed by atoms with Gasteiger partial charge in [0, 0.05) is 22.7 Å². The van der Waals surface area contributed by atoms with Crippen LogP contribution in [0.2, 0.25) is 5.02 Å². The number of nitrogens with zero attached hydrogens (tertiary/aromatic N) is 1. The van der Waals surface area contributed by atoms with Gasteiger partial charge in [-0.05, 0) is 60.7 Å². The first-order valence-electron chi connectivity index (χ1n) is 8.71. The van der Waals surface area contributed by atoms with Gasteiger partial charge in [0.25, 0.3) is 11.8 Å². The quantitative estimate of drug-likeness (QED) is 0.402. The van der Waals surface area contributed by atoms with Crippen molar-refractivity contribution in [3.8, 4) is 11.3 Å². The molecule has 4 rings (SSSR count). The number of furan rings is 1. The number of hydrazine groups is 1. The minimum Gasteiger partial charge on any atom is -0.457 e. The first-order chi connectivity index (χ1) is 14.8. The third-order valence-corrected chi connectivity index (χ3v) is 5.76. The summed E-state index contributed by atoms with van der Waals surface area (Å²) in [5.74, 6) is -2.09. The van der Waals surface area contributed by atoms with Gasteiger partial charge in [0.1, 0.15) is 23.2 Å². The molecule has 156 valence electrons. The molecule has 0 aliphatic carbocycles. The van der Waals surface area contributed by atoms with Crippen LogP contribution in [-0.2, 0) is 4.79 Å². The van der Waals surface area contributed by atoms with E-state index in [1.807, 2.05) is 0 Å². The Hall–Kier alpha value is -3.01. The van der Waals surface area contributed by atoms with Crippen molar-refractivity contribution >= 4 is 57.8 Å². The van der Waals surface area contributed by atoms with Gasteiger partial charge in [-0.1, -0.05) is 23.4 Å². The number of benzene rings is 2. The zero-order valence-corrected chi connectivity index (χ0v) is 17.8. The number of carbonyl (C=O) groups excluding carboxylic acids is 2. The highest BCUT2D eigenvalue weighted by Gasteiger charge is 2.34. The van der Waals surface area contributed by atoms with Gasteiger partial charge in [0.2, 0.25) is 0 Å². The number of hydrogen-bond donors (Lipinski definition) is 1. The van der Waals surface area contributed by atoms with Crippen molar-refractivity contribution in [2.75, 3.05) is 0 Å². The van der Waals surface area contributed by atoms with Crippen LogP contribution >= 0.6 is 35.6 Å². The van der Waals surface area contributed by atoms with E-state index >= 15 is 0 Å². The lowest BCUT2D eigenvalue weighted by atomic mass is 10.1. The number of thioether (sulfide) groups is 1. The standard InChI is InChI=1S/C21H11ClF2N2O3S2/c22-12-3-1-11(2-4-12)19(27)25-26-20(28)18(31-21(26)30)10-14-6-8-17(29-14)15-7-5-13(23)9-16(15)24/h1-10H,(H,25,27)/b18-10+. The molecule has 5 nitrogen and oxygen atoms in total. The van der Waals surface area contributed by atoms with Crippen LogP contribution in [0.1, 0.15) is 16.1 Å². The van der Waals surface area contributed by atoms with E-state index in [0.717, 1.165) is 28.9 Å². The van der Waals surface area contributed by atoms with Crippen molar-refractivity contribution in [1.29, 1.82) is 0 Å². The molecule has 1 aromatic heterocycles. The Morgan fingerprint density at radius 1 is 1.13 bits per heavy atom. The number of rotatable bonds is 4. The highest BCUT2D eigenvalue weighted by atomic mass is 35.5. The van der Waals surface area contributed by atoms with E-state index in [1.54, 1.807) is 12.1 Å². The number of halogens is 3. The Morgan fingerprint density at radius 2 is 1.87 bits per heavy atom. The lowest BCUT2D eigenvalue weighted by Crippen LogP contribution is -2.44. The third kappa shape index (κ3) is 4.53.